The zero-order valence-electron chi connectivity index (χ0n) is 10.3. The van der Waals surface area contributed by atoms with Gasteiger partial charge in [-0.1, -0.05) is 25.1 Å². The van der Waals surface area contributed by atoms with E-state index in [4.69, 9.17) is 18.0 Å². The first kappa shape index (κ1) is 12.3. The van der Waals surface area contributed by atoms with Crippen molar-refractivity contribution < 1.29 is 0 Å². The first-order chi connectivity index (χ1) is 8.20. The first-order valence-electron chi connectivity index (χ1n) is 6.20. The second-order valence-electron chi connectivity index (χ2n) is 4.59. The molecule has 0 bridgehead atoms. The van der Waals surface area contributed by atoms with Gasteiger partial charge in [0.15, 0.2) is 0 Å². The van der Waals surface area contributed by atoms with Crippen LogP contribution < -0.4 is 10.6 Å². The molecule has 0 radical (unpaired) electrons. The van der Waals surface area contributed by atoms with E-state index in [-0.39, 0.29) is 0 Å². The van der Waals surface area contributed by atoms with E-state index in [0.29, 0.717) is 4.99 Å². The zero-order valence-corrected chi connectivity index (χ0v) is 11.1. The summed E-state index contributed by atoms with van der Waals surface area (Å²) < 4.78 is 0. The predicted octanol–water partition coefficient (Wildman–Crippen LogP) is 2.40. The van der Waals surface area contributed by atoms with Gasteiger partial charge in [0.25, 0.3) is 0 Å². The molecule has 0 unspecified atom stereocenters. The van der Waals surface area contributed by atoms with Gasteiger partial charge in [-0.25, -0.2) is 4.98 Å². The van der Waals surface area contributed by atoms with E-state index in [1.54, 1.807) is 0 Å². The molecule has 2 rings (SSSR count). The van der Waals surface area contributed by atoms with Crippen LogP contribution in [0.25, 0.3) is 0 Å². The van der Waals surface area contributed by atoms with Gasteiger partial charge in [0, 0.05) is 19.3 Å². The third-order valence-electron chi connectivity index (χ3n) is 3.29. The second-order valence-corrected chi connectivity index (χ2v) is 5.03. The lowest BCUT2D eigenvalue weighted by molar-refractivity contribution is 0.726. The van der Waals surface area contributed by atoms with Crippen molar-refractivity contribution >= 4 is 23.0 Å². The summed E-state index contributed by atoms with van der Waals surface area (Å²) in [4.78, 5) is 7.27. The fourth-order valence-electron chi connectivity index (χ4n) is 2.37. The summed E-state index contributed by atoms with van der Waals surface area (Å²) in [5.41, 5.74) is 7.89. The molecule has 92 valence electrons. The minimum Gasteiger partial charge on any atom is -0.389 e. The topological polar surface area (TPSA) is 42.2 Å². The standard InChI is InChI=1S/C13H19N3S/c1-10-6-7-15-13(11(10)12(14)17)16-8-4-2-3-5-9-16/h6-7H,2-5,8-9H2,1H3,(H2,14,17). The molecule has 1 saturated heterocycles. The SMILES string of the molecule is Cc1ccnc(N2CCCCCC2)c1C(N)=S. The summed E-state index contributed by atoms with van der Waals surface area (Å²) in [6, 6.07) is 1.97. The van der Waals surface area contributed by atoms with Crippen LogP contribution in [0.3, 0.4) is 0 Å². The normalized spacial score (nSPS) is 16.6. The van der Waals surface area contributed by atoms with Crippen molar-refractivity contribution in [3.05, 3.63) is 23.4 Å². The van der Waals surface area contributed by atoms with E-state index < -0.39 is 0 Å². The van der Waals surface area contributed by atoms with Crippen LogP contribution >= 0.6 is 12.2 Å². The first-order valence-corrected chi connectivity index (χ1v) is 6.61. The van der Waals surface area contributed by atoms with E-state index in [0.717, 1.165) is 30.0 Å². The zero-order chi connectivity index (χ0) is 12.3. The predicted molar refractivity (Wildman–Crippen MR) is 75.5 cm³/mol. The van der Waals surface area contributed by atoms with Crippen LogP contribution in [0.5, 0.6) is 0 Å². The van der Waals surface area contributed by atoms with E-state index in [1.807, 2.05) is 19.2 Å². The van der Waals surface area contributed by atoms with E-state index >= 15 is 0 Å². The number of thiocarbonyl (C=S) groups is 1. The number of aromatic nitrogens is 1. The molecule has 1 aromatic rings. The average molecular weight is 249 g/mol. The molecule has 0 aliphatic carbocycles. The largest absolute Gasteiger partial charge is 0.389 e. The smallest absolute Gasteiger partial charge is 0.139 e. The number of pyridine rings is 1. The Morgan fingerprint density at radius 3 is 2.53 bits per heavy atom. The van der Waals surface area contributed by atoms with E-state index in [9.17, 15) is 0 Å². The Balaban J connectivity index is 2.36. The molecule has 1 fully saturated rings. The maximum atomic E-state index is 5.83. The lowest BCUT2D eigenvalue weighted by Gasteiger charge is -2.24. The van der Waals surface area contributed by atoms with Crippen molar-refractivity contribution in [1.82, 2.24) is 4.98 Å². The minimum absolute atomic E-state index is 0.454. The Morgan fingerprint density at radius 1 is 1.29 bits per heavy atom. The Labute approximate surface area is 108 Å². The number of nitrogens with two attached hydrogens (primary N) is 1. The fraction of sp³-hybridized carbons (Fsp3) is 0.538. The van der Waals surface area contributed by atoms with Gasteiger partial charge in [-0.2, -0.15) is 0 Å². The molecule has 2 heterocycles. The van der Waals surface area contributed by atoms with Crippen LogP contribution in [-0.4, -0.2) is 23.1 Å². The Morgan fingerprint density at radius 2 is 1.94 bits per heavy atom. The van der Waals surface area contributed by atoms with Gasteiger partial charge in [0.1, 0.15) is 10.8 Å². The van der Waals surface area contributed by atoms with Crippen molar-refractivity contribution in [2.75, 3.05) is 18.0 Å². The van der Waals surface area contributed by atoms with Crippen LogP contribution in [-0.2, 0) is 0 Å². The Hall–Kier alpha value is -1.16. The molecule has 1 aliphatic heterocycles. The number of rotatable bonds is 2. The summed E-state index contributed by atoms with van der Waals surface area (Å²) in [7, 11) is 0. The third kappa shape index (κ3) is 2.75. The average Bonchev–Trinajstić information content (AvgIpc) is 2.56. The highest BCUT2D eigenvalue weighted by molar-refractivity contribution is 7.80. The number of hydrogen-bond donors (Lipinski definition) is 1. The van der Waals surface area contributed by atoms with Gasteiger partial charge < -0.3 is 10.6 Å². The van der Waals surface area contributed by atoms with Crippen LogP contribution in [0.4, 0.5) is 5.82 Å². The van der Waals surface area contributed by atoms with Crippen LogP contribution in [0.1, 0.15) is 36.8 Å². The molecule has 0 spiro atoms. The van der Waals surface area contributed by atoms with Gasteiger partial charge in [-0.3, -0.25) is 0 Å². The molecule has 0 aromatic carbocycles. The van der Waals surface area contributed by atoms with Gasteiger partial charge in [-0.05, 0) is 31.4 Å². The highest BCUT2D eigenvalue weighted by Crippen LogP contribution is 2.23. The molecule has 0 saturated carbocycles. The molecule has 4 heteroatoms. The lowest BCUT2D eigenvalue weighted by atomic mass is 10.1. The minimum atomic E-state index is 0.454. The summed E-state index contributed by atoms with van der Waals surface area (Å²) in [6.07, 6.45) is 6.92. The molecular formula is C13H19N3S. The maximum Gasteiger partial charge on any atom is 0.139 e. The van der Waals surface area contributed by atoms with Crippen molar-refractivity contribution in [1.29, 1.82) is 0 Å². The number of hydrogen-bond acceptors (Lipinski definition) is 3. The van der Waals surface area contributed by atoms with Crippen LogP contribution in [0, 0.1) is 6.92 Å². The molecular weight excluding hydrogens is 230 g/mol. The molecule has 0 amide bonds. The summed E-state index contributed by atoms with van der Waals surface area (Å²) in [5.74, 6) is 0.972. The van der Waals surface area contributed by atoms with Crippen molar-refractivity contribution in [2.24, 2.45) is 5.73 Å². The Bertz CT molecular complexity index is 409. The molecule has 0 atom stereocenters. The van der Waals surface area contributed by atoms with E-state index in [2.05, 4.69) is 9.88 Å². The maximum absolute atomic E-state index is 5.83. The van der Waals surface area contributed by atoms with E-state index in [1.165, 1.54) is 25.7 Å². The molecule has 3 nitrogen and oxygen atoms in total. The summed E-state index contributed by atoms with van der Waals surface area (Å²) >= 11 is 5.15. The van der Waals surface area contributed by atoms with Gasteiger partial charge in [0.05, 0.1) is 5.56 Å². The fourth-order valence-corrected chi connectivity index (χ4v) is 2.62. The highest BCUT2D eigenvalue weighted by Gasteiger charge is 2.17. The van der Waals surface area contributed by atoms with Crippen LogP contribution in [0.15, 0.2) is 12.3 Å². The Kier molecular flexibility index (Phi) is 3.94. The highest BCUT2D eigenvalue weighted by atomic mass is 32.1. The molecule has 17 heavy (non-hydrogen) atoms. The van der Waals surface area contributed by atoms with Gasteiger partial charge >= 0.3 is 0 Å². The number of aryl methyl sites for hydroxylation is 1. The number of nitrogens with zero attached hydrogens (tertiary/aromatic N) is 2. The van der Waals surface area contributed by atoms with Gasteiger partial charge in [0.2, 0.25) is 0 Å². The quantitative estimate of drug-likeness (QED) is 0.817. The van der Waals surface area contributed by atoms with Gasteiger partial charge in [-0.15, -0.1) is 0 Å². The summed E-state index contributed by atoms with van der Waals surface area (Å²) in [6.45, 7) is 4.16. The van der Waals surface area contributed by atoms with Crippen molar-refractivity contribution in [3.63, 3.8) is 0 Å². The lowest BCUT2D eigenvalue weighted by Crippen LogP contribution is -2.28. The van der Waals surface area contributed by atoms with Crippen molar-refractivity contribution in [3.8, 4) is 0 Å². The monoisotopic (exact) mass is 249 g/mol. The van der Waals surface area contributed by atoms with Crippen LogP contribution in [0.2, 0.25) is 0 Å². The molecule has 1 aromatic heterocycles. The molecule has 2 N–H and O–H groups in total. The summed E-state index contributed by atoms with van der Waals surface area (Å²) in [5, 5.41) is 0. The second kappa shape index (κ2) is 5.45. The third-order valence-corrected chi connectivity index (χ3v) is 3.50. The number of anilines is 1. The molecule has 1 aliphatic rings. The van der Waals surface area contributed by atoms with Crippen molar-refractivity contribution in [2.45, 2.75) is 32.6 Å².